The van der Waals surface area contributed by atoms with Crippen LogP contribution in [-0.4, -0.2) is 20.4 Å². The summed E-state index contributed by atoms with van der Waals surface area (Å²) in [6, 6.07) is 17.0. The molecular weight excluding hydrogens is 360 g/mol. The van der Waals surface area contributed by atoms with Crippen LogP contribution in [0.4, 0.5) is 5.69 Å². The molecule has 1 amide bonds. The minimum Gasteiger partial charge on any atom is -0.324 e. The molecule has 0 aliphatic heterocycles. The fourth-order valence-electron chi connectivity index (χ4n) is 2.97. The Labute approximate surface area is 161 Å². The third-order valence-corrected chi connectivity index (χ3v) is 4.74. The van der Waals surface area contributed by atoms with Crippen LogP contribution in [0.3, 0.4) is 0 Å². The summed E-state index contributed by atoms with van der Waals surface area (Å²) in [5.74, 6) is 0.560. The van der Waals surface area contributed by atoms with E-state index in [1.807, 2.05) is 60.0 Å². The van der Waals surface area contributed by atoms with Crippen LogP contribution in [0.2, 0.25) is 5.02 Å². The molecule has 0 atom stereocenters. The van der Waals surface area contributed by atoms with Crippen molar-refractivity contribution < 1.29 is 4.79 Å². The average Bonchev–Trinajstić information content (AvgIpc) is 3.04. The number of halogens is 1. The van der Waals surface area contributed by atoms with Crippen LogP contribution in [0.15, 0.2) is 67.0 Å². The van der Waals surface area contributed by atoms with Gasteiger partial charge in [0.15, 0.2) is 0 Å². The number of carbonyl (C=O) groups is 1. The number of imidazole rings is 1. The van der Waals surface area contributed by atoms with Crippen LogP contribution in [-0.2, 0) is 11.3 Å². The Morgan fingerprint density at radius 1 is 1.15 bits per heavy atom. The highest BCUT2D eigenvalue weighted by Gasteiger charge is 2.15. The summed E-state index contributed by atoms with van der Waals surface area (Å²) >= 11 is 6.15. The Morgan fingerprint density at radius 2 is 2.00 bits per heavy atom. The number of rotatable bonds is 4. The fourth-order valence-corrected chi connectivity index (χ4v) is 3.15. The Balaban J connectivity index is 1.68. The Bertz CT molecular complexity index is 1120. The van der Waals surface area contributed by atoms with Crippen LogP contribution >= 0.6 is 11.6 Å². The highest BCUT2D eigenvalue weighted by molar-refractivity contribution is 6.31. The van der Waals surface area contributed by atoms with Gasteiger partial charge in [-0.3, -0.25) is 9.78 Å². The molecule has 4 aromatic rings. The van der Waals surface area contributed by atoms with Gasteiger partial charge >= 0.3 is 0 Å². The van der Waals surface area contributed by atoms with Crippen molar-refractivity contribution in [3.8, 4) is 11.4 Å². The van der Waals surface area contributed by atoms with Crippen molar-refractivity contribution in [1.29, 1.82) is 0 Å². The second-order valence-electron chi connectivity index (χ2n) is 6.26. The van der Waals surface area contributed by atoms with Crippen molar-refractivity contribution in [2.45, 2.75) is 13.5 Å². The van der Waals surface area contributed by atoms with Crippen molar-refractivity contribution >= 4 is 34.2 Å². The van der Waals surface area contributed by atoms with Gasteiger partial charge in [-0.2, -0.15) is 0 Å². The third kappa shape index (κ3) is 3.55. The first-order valence-electron chi connectivity index (χ1n) is 8.53. The fraction of sp³-hybridized carbons (Fsp3) is 0.0952. The molecule has 0 aliphatic carbocycles. The number of pyridine rings is 1. The number of benzene rings is 2. The molecular formula is C21H17ClN4O. The Morgan fingerprint density at radius 3 is 2.78 bits per heavy atom. The van der Waals surface area contributed by atoms with Gasteiger partial charge < -0.3 is 9.88 Å². The quantitative estimate of drug-likeness (QED) is 0.561. The number of anilines is 1. The van der Waals surface area contributed by atoms with Crippen molar-refractivity contribution in [3.05, 3.63) is 77.6 Å². The number of fused-ring (bicyclic) bond motifs is 1. The SMILES string of the molecule is Cc1ccc(NC(=O)Cn2c(-c3cccnc3)nc3ccccc32)cc1Cl. The lowest BCUT2D eigenvalue weighted by molar-refractivity contribution is -0.116. The van der Waals surface area contributed by atoms with Gasteiger partial charge in [0.25, 0.3) is 0 Å². The highest BCUT2D eigenvalue weighted by atomic mass is 35.5. The summed E-state index contributed by atoms with van der Waals surface area (Å²) in [6.45, 7) is 2.06. The van der Waals surface area contributed by atoms with Gasteiger partial charge in [0.2, 0.25) is 5.91 Å². The first kappa shape index (κ1) is 17.2. The molecule has 0 fully saturated rings. The number of amides is 1. The molecule has 0 bridgehead atoms. The maximum absolute atomic E-state index is 12.7. The van der Waals surface area contributed by atoms with Crippen LogP contribution in [0, 0.1) is 6.92 Å². The number of para-hydroxylation sites is 2. The third-order valence-electron chi connectivity index (χ3n) is 4.33. The minimum atomic E-state index is -0.150. The van der Waals surface area contributed by atoms with Crippen LogP contribution in [0.5, 0.6) is 0 Å². The van der Waals surface area contributed by atoms with Crippen LogP contribution in [0.1, 0.15) is 5.56 Å². The van der Waals surface area contributed by atoms with E-state index in [2.05, 4.69) is 10.3 Å². The van der Waals surface area contributed by atoms with E-state index in [0.29, 0.717) is 16.5 Å². The number of nitrogens with zero attached hydrogens (tertiary/aromatic N) is 3. The van der Waals surface area contributed by atoms with Gasteiger partial charge in [-0.1, -0.05) is 29.8 Å². The summed E-state index contributed by atoms with van der Waals surface area (Å²) in [5.41, 5.74) is 4.23. The number of hydrogen-bond donors (Lipinski definition) is 1. The van der Waals surface area contributed by atoms with Gasteiger partial charge in [0.05, 0.1) is 11.0 Å². The molecule has 0 saturated carbocycles. The average molecular weight is 377 g/mol. The maximum Gasteiger partial charge on any atom is 0.244 e. The Hall–Kier alpha value is -3.18. The molecule has 0 unspecified atom stereocenters. The van der Waals surface area contributed by atoms with Crippen LogP contribution < -0.4 is 5.32 Å². The summed E-state index contributed by atoms with van der Waals surface area (Å²) in [4.78, 5) is 21.5. The van der Waals surface area contributed by atoms with Gasteiger partial charge in [0.1, 0.15) is 12.4 Å². The lowest BCUT2D eigenvalue weighted by Crippen LogP contribution is -2.19. The van der Waals surface area contributed by atoms with Crippen molar-refractivity contribution in [1.82, 2.24) is 14.5 Å². The molecule has 2 heterocycles. The van der Waals surface area contributed by atoms with Gasteiger partial charge in [-0.05, 0) is 48.9 Å². The number of carbonyl (C=O) groups excluding carboxylic acids is 1. The zero-order chi connectivity index (χ0) is 18.8. The number of nitrogens with one attached hydrogen (secondary N) is 1. The van der Waals surface area contributed by atoms with Crippen molar-refractivity contribution in [3.63, 3.8) is 0 Å². The lowest BCUT2D eigenvalue weighted by Gasteiger charge is -2.11. The zero-order valence-corrected chi connectivity index (χ0v) is 15.4. The molecule has 134 valence electrons. The molecule has 2 aromatic carbocycles. The smallest absolute Gasteiger partial charge is 0.244 e. The zero-order valence-electron chi connectivity index (χ0n) is 14.7. The number of aromatic nitrogens is 3. The van der Waals surface area contributed by atoms with E-state index in [0.717, 1.165) is 22.2 Å². The highest BCUT2D eigenvalue weighted by Crippen LogP contribution is 2.25. The number of aryl methyl sites for hydroxylation is 1. The predicted octanol–water partition coefficient (Wildman–Crippen LogP) is 4.70. The largest absolute Gasteiger partial charge is 0.324 e. The first-order chi connectivity index (χ1) is 13.1. The molecule has 5 nitrogen and oxygen atoms in total. The normalized spacial score (nSPS) is 10.9. The standard InChI is InChI=1S/C21H17ClN4O/c1-14-8-9-16(11-17(14)22)24-20(27)13-26-19-7-3-2-6-18(19)25-21(26)15-5-4-10-23-12-15/h2-12H,13H2,1H3,(H,24,27). The minimum absolute atomic E-state index is 0.135. The van der Waals surface area contributed by atoms with Crippen molar-refractivity contribution in [2.75, 3.05) is 5.32 Å². The molecule has 4 rings (SSSR count). The van der Waals surface area contributed by atoms with Crippen molar-refractivity contribution in [2.24, 2.45) is 0 Å². The van der Waals surface area contributed by atoms with Crippen LogP contribution in [0.25, 0.3) is 22.4 Å². The molecule has 0 radical (unpaired) electrons. The summed E-state index contributed by atoms with van der Waals surface area (Å²) < 4.78 is 1.90. The van der Waals surface area contributed by atoms with E-state index >= 15 is 0 Å². The van der Waals surface area contributed by atoms with E-state index in [1.54, 1.807) is 18.5 Å². The summed E-state index contributed by atoms with van der Waals surface area (Å²) in [7, 11) is 0. The molecule has 27 heavy (non-hydrogen) atoms. The predicted molar refractivity (Wildman–Crippen MR) is 108 cm³/mol. The molecule has 0 aliphatic rings. The summed E-state index contributed by atoms with van der Waals surface area (Å²) in [5, 5.41) is 3.53. The van der Waals surface area contributed by atoms with E-state index in [4.69, 9.17) is 16.6 Å². The molecule has 0 spiro atoms. The topological polar surface area (TPSA) is 59.8 Å². The molecule has 1 N–H and O–H groups in total. The van der Waals surface area contributed by atoms with Gasteiger partial charge in [0, 0.05) is 28.7 Å². The summed E-state index contributed by atoms with van der Waals surface area (Å²) in [6.07, 6.45) is 3.46. The lowest BCUT2D eigenvalue weighted by atomic mass is 10.2. The van der Waals surface area contributed by atoms with Gasteiger partial charge in [-0.25, -0.2) is 4.98 Å². The second-order valence-corrected chi connectivity index (χ2v) is 6.67. The van der Waals surface area contributed by atoms with E-state index in [-0.39, 0.29) is 12.5 Å². The molecule has 0 saturated heterocycles. The maximum atomic E-state index is 12.7. The second kappa shape index (κ2) is 7.21. The van der Waals surface area contributed by atoms with E-state index in [9.17, 15) is 4.79 Å². The number of hydrogen-bond acceptors (Lipinski definition) is 3. The molecule has 6 heteroatoms. The van der Waals surface area contributed by atoms with E-state index in [1.165, 1.54) is 0 Å². The monoisotopic (exact) mass is 376 g/mol. The van der Waals surface area contributed by atoms with Gasteiger partial charge in [-0.15, -0.1) is 0 Å². The van der Waals surface area contributed by atoms with E-state index < -0.39 is 0 Å². The first-order valence-corrected chi connectivity index (χ1v) is 8.91. The Kier molecular flexibility index (Phi) is 4.60. The molecule has 2 aromatic heterocycles.